The van der Waals surface area contributed by atoms with E-state index in [0.29, 0.717) is 20.8 Å². The van der Waals surface area contributed by atoms with Crippen molar-refractivity contribution >= 4 is 33.3 Å². The number of rotatable bonds is 3. The molecule has 0 radical (unpaired) electrons. The smallest absolute Gasteiger partial charge is 0.186 e. The lowest BCUT2D eigenvalue weighted by Gasteiger charge is -2.08. The Morgan fingerprint density at radius 2 is 2.16 bits per heavy atom. The van der Waals surface area contributed by atoms with Gasteiger partial charge in [0.15, 0.2) is 11.7 Å². The number of pyridine rings is 1. The lowest BCUT2D eigenvalue weighted by molar-refractivity contribution is 0.0977. The number of ketones is 1. The van der Waals surface area contributed by atoms with E-state index < -0.39 is 5.92 Å². The van der Waals surface area contributed by atoms with Crippen LogP contribution in [0.4, 0.5) is 0 Å². The van der Waals surface area contributed by atoms with Gasteiger partial charge in [-0.2, -0.15) is 5.26 Å². The molecule has 1 aromatic carbocycles. The van der Waals surface area contributed by atoms with E-state index in [-0.39, 0.29) is 5.78 Å². The summed E-state index contributed by atoms with van der Waals surface area (Å²) in [5.41, 5.74) is 0.833. The highest BCUT2D eigenvalue weighted by Crippen LogP contribution is 2.26. The van der Waals surface area contributed by atoms with Crippen LogP contribution in [0.15, 0.2) is 47.1 Å². The Kier molecular flexibility index (Phi) is 4.31. The zero-order chi connectivity index (χ0) is 13.8. The van der Waals surface area contributed by atoms with Crippen molar-refractivity contribution in [2.45, 2.75) is 5.92 Å². The lowest BCUT2D eigenvalue weighted by atomic mass is 9.95. The van der Waals surface area contributed by atoms with Crippen LogP contribution in [0.3, 0.4) is 0 Å². The average molecular weight is 336 g/mol. The van der Waals surface area contributed by atoms with Gasteiger partial charge in [-0.15, -0.1) is 0 Å². The molecule has 0 saturated carbocycles. The molecule has 0 bridgehead atoms. The number of hydrogen-bond acceptors (Lipinski definition) is 3. The van der Waals surface area contributed by atoms with Crippen LogP contribution >= 0.6 is 27.5 Å². The number of halogens is 2. The highest BCUT2D eigenvalue weighted by molar-refractivity contribution is 9.10. The Labute approximate surface area is 124 Å². The van der Waals surface area contributed by atoms with Gasteiger partial charge in [-0.05, 0) is 40.2 Å². The number of nitriles is 1. The van der Waals surface area contributed by atoms with Crippen LogP contribution in [0, 0.1) is 11.3 Å². The Balaban J connectivity index is 2.37. The summed E-state index contributed by atoms with van der Waals surface area (Å²) in [5.74, 6) is -1.23. The molecule has 3 nitrogen and oxygen atoms in total. The predicted octanol–water partition coefficient (Wildman–Crippen LogP) is 3.99. The first-order chi connectivity index (χ1) is 9.13. The largest absolute Gasteiger partial charge is 0.292 e. The van der Waals surface area contributed by atoms with Crippen molar-refractivity contribution in [3.8, 4) is 6.07 Å². The molecule has 2 rings (SSSR count). The second-order valence-electron chi connectivity index (χ2n) is 3.81. The first-order valence-corrected chi connectivity index (χ1v) is 6.60. The maximum Gasteiger partial charge on any atom is 0.186 e. The van der Waals surface area contributed by atoms with E-state index in [9.17, 15) is 10.1 Å². The lowest BCUT2D eigenvalue weighted by Crippen LogP contribution is -2.12. The summed E-state index contributed by atoms with van der Waals surface area (Å²) >= 11 is 9.21. The molecule has 0 spiro atoms. The summed E-state index contributed by atoms with van der Waals surface area (Å²) in [6.07, 6.45) is 1.56. The molecule has 5 heteroatoms. The summed E-state index contributed by atoms with van der Waals surface area (Å²) in [6.45, 7) is 0. The van der Waals surface area contributed by atoms with Crippen molar-refractivity contribution in [3.05, 3.63) is 63.3 Å². The molecule has 0 aliphatic heterocycles. The molecule has 2 aromatic rings. The minimum Gasteiger partial charge on any atom is -0.292 e. The van der Waals surface area contributed by atoms with Gasteiger partial charge in [-0.25, -0.2) is 0 Å². The van der Waals surface area contributed by atoms with Crippen molar-refractivity contribution in [2.24, 2.45) is 0 Å². The van der Waals surface area contributed by atoms with Crippen LogP contribution < -0.4 is 0 Å². The maximum absolute atomic E-state index is 12.3. The van der Waals surface area contributed by atoms with Gasteiger partial charge in [0, 0.05) is 16.2 Å². The van der Waals surface area contributed by atoms with E-state index in [1.165, 1.54) is 0 Å². The number of carbonyl (C=O) groups is 1. The van der Waals surface area contributed by atoms with Crippen molar-refractivity contribution in [1.29, 1.82) is 5.26 Å². The molecule has 1 heterocycles. The Bertz CT molecular complexity index is 652. The van der Waals surface area contributed by atoms with E-state index in [1.807, 2.05) is 6.07 Å². The molecular weight excluding hydrogens is 328 g/mol. The molecule has 0 saturated heterocycles. The summed E-state index contributed by atoms with van der Waals surface area (Å²) in [5, 5.41) is 9.62. The molecule has 0 N–H and O–H groups in total. The summed E-state index contributed by atoms with van der Waals surface area (Å²) in [6, 6.07) is 12.0. The van der Waals surface area contributed by atoms with E-state index in [2.05, 4.69) is 20.9 Å². The van der Waals surface area contributed by atoms with Crippen LogP contribution in [0.1, 0.15) is 22.0 Å². The molecule has 0 aliphatic rings. The fourth-order valence-corrected chi connectivity index (χ4v) is 2.05. The first-order valence-electron chi connectivity index (χ1n) is 5.43. The number of carbonyl (C=O) groups excluding carboxylic acids is 1. The highest BCUT2D eigenvalue weighted by atomic mass is 79.9. The monoisotopic (exact) mass is 334 g/mol. The molecule has 0 fully saturated rings. The summed E-state index contributed by atoms with van der Waals surface area (Å²) in [4.78, 5) is 16.4. The van der Waals surface area contributed by atoms with Gasteiger partial charge in [0.05, 0.1) is 16.8 Å². The predicted molar refractivity (Wildman–Crippen MR) is 76.1 cm³/mol. The molecule has 19 heavy (non-hydrogen) atoms. The second-order valence-corrected chi connectivity index (χ2v) is 5.07. The van der Waals surface area contributed by atoms with Gasteiger partial charge in [0.1, 0.15) is 0 Å². The van der Waals surface area contributed by atoms with Gasteiger partial charge in [0.25, 0.3) is 0 Å². The molecule has 0 aliphatic carbocycles. The second kappa shape index (κ2) is 5.96. The van der Waals surface area contributed by atoms with Gasteiger partial charge in [0.2, 0.25) is 0 Å². The van der Waals surface area contributed by atoms with Gasteiger partial charge >= 0.3 is 0 Å². The van der Waals surface area contributed by atoms with Gasteiger partial charge in [-0.1, -0.05) is 23.7 Å². The number of aromatic nitrogens is 1. The van der Waals surface area contributed by atoms with Crippen molar-refractivity contribution in [2.75, 3.05) is 0 Å². The normalized spacial score (nSPS) is 11.6. The van der Waals surface area contributed by atoms with Crippen molar-refractivity contribution in [3.63, 3.8) is 0 Å². The maximum atomic E-state index is 12.3. The Hall–Kier alpha value is -1.70. The Morgan fingerprint density at radius 3 is 2.74 bits per heavy atom. The molecule has 94 valence electrons. The molecule has 1 atom stereocenters. The standard InChI is InChI=1S/C14H8BrClN2O/c15-11-5-4-9(7-12(11)16)14(19)10(8-17)13-3-1-2-6-18-13/h1-7,10H. The molecule has 1 unspecified atom stereocenters. The van der Waals surface area contributed by atoms with Crippen molar-refractivity contribution < 1.29 is 4.79 Å². The van der Waals surface area contributed by atoms with Crippen molar-refractivity contribution in [1.82, 2.24) is 4.98 Å². The SMILES string of the molecule is N#CC(C(=O)c1ccc(Br)c(Cl)c1)c1ccccn1. The number of benzene rings is 1. The van der Waals surface area contributed by atoms with Crippen LogP contribution in [0.5, 0.6) is 0 Å². The van der Waals surface area contributed by atoms with E-state index in [1.54, 1.807) is 42.6 Å². The van der Waals surface area contributed by atoms with Crippen LogP contribution in [-0.2, 0) is 0 Å². The number of Topliss-reactive ketones (excluding diaryl/α,β-unsaturated/α-hetero) is 1. The van der Waals surface area contributed by atoms with E-state index in [4.69, 9.17) is 11.6 Å². The molecule has 0 amide bonds. The topological polar surface area (TPSA) is 53.8 Å². The highest BCUT2D eigenvalue weighted by Gasteiger charge is 2.23. The van der Waals surface area contributed by atoms with Crippen LogP contribution in [-0.4, -0.2) is 10.8 Å². The third kappa shape index (κ3) is 3.01. The average Bonchev–Trinajstić information content (AvgIpc) is 2.44. The van der Waals surface area contributed by atoms with E-state index >= 15 is 0 Å². The minimum atomic E-state index is -0.918. The summed E-state index contributed by atoms with van der Waals surface area (Å²) in [7, 11) is 0. The zero-order valence-corrected chi connectivity index (χ0v) is 12.0. The van der Waals surface area contributed by atoms with Crippen LogP contribution in [0.2, 0.25) is 5.02 Å². The summed E-state index contributed by atoms with van der Waals surface area (Å²) < 4.78 is 0.706. The minimum absolute atomic E-state index is 0.310. The Morgan fingerprint density at radius 1 is 1.37 bits per heavy atom. The fourth-order valence-electron chi connectivity index (χ4n) is 1.62. The van der Waals surface area contributed by atoms with Crippen LogP contribution in [0.25, 0.3) is 0 Å². The number of hydrogen-bond donors (Lipinski definition) is 0. The third-order valence-corrected chi connectivity index (χ3v) is 3.81. The first kappa shape index (κ1) is 13.7. The quantitative estimate of drug-likeness (QED) is 0.797. The van der Waals surface area contributed by atoms with Gasteiger partial charge < -0.3 is 0 Å². The molecular formula is C14H8BrClN2O. The van der Waals surface area contributed by atoms with Gasteiger partial charge in [-0.3, -0.25) is 9.78 Å². The zero-order valence-electron chi connectivity index (χ0n) is 9.68. The number of nitrogens with zero attached hydrogens (tertiary/aromatic N) is 2. The third-order valence-electron chi connectivity index (χ3n) is 2.58. The van der Waals surface area contributed by atoms with E-state index in [0.717, 1.165) is 0 Å². The fraction of sp³-hybridized carbons (Fsp3) is 0.0714. The molecule has 1 aromatic heterocycles.